The van der Waals surface area contributed by atoms with Crippen LogP contribution in [0.1, 0.15) is 43.4 Å². The first-order chi connectivity index (χ1) is 15.9. The molecule has 0 saturated carbocycles. The van der Waals surface area contributed by atoms with Crippen LogP contribution in [0.15, 0.2) is 83.3 Å². The summed E-state index contributed by atoms with van der Waals surface area (Å²) in [5.74, 6) is 0.709. The molecular weight excluding hydrogens is 438 g/mol. The number of amides is 1. The Hall–Kier alpha value is -3.83. The third-order valence-electron chi connectivity index (χ3n) is 5.16. The summed E-state index contributed by atoms with van der Waals surface area (Å²) in [5.41, 5.74) is 3.20. The maximum Gasteiger partial charge on any atom is 0.291 e. The van der Waals surface area contributed by atoms with Crippen molar-refractivity contribution in [3.8, 4) is 5.75 Å². The number of nitrogens with one attached hydrogen (secondary N) is 1. The normalized spacial score (nSPS) is 10.6. The van der Waals surface area contributed by atoms with Crippen LogP contribution in [0.2, 0.25) is 5.02 Å². The SMILES string of the molecule is Cc1cccc(C)c1OCc1ccc(C(=O)Nc2ccc(Cl)cc2C(=O)c2ccccc2)o1. The fourth-order valence-corrected chi connectivity index (χ4v) is 3.66. The predicted octanol–water partition coefficient (Wildman–Crippen LogP) is 6.61. The van der Waals surface area contributed by atoms with Gasteiger partial charge in [0, 0.05) is 16.1 Å². The summed E-state index contributed by atoms with van der Waals surface area (Å²) < 4.78 is 11.6. The lowest BCUT2D eigenvalue weighted by molar-refractivity contribution is 0.0992. The van der Waals surface area contributed by atoms with Crippen molar-refractivity contribution in [2.75, 3.05) is 5.32 Å². The van der Waals surface area contributed by atoms with Gasteiger partial charge in [0.2, 0.25) is 0 Å². The molecule has 3 aromatic carbocycles. The summed E-state index contributed by atoms with van der Waals surface area (Å²) >= 11 is 6.12. The highest BCUT2D eigenvalue weighted by Crippen LogP contribution is 2.26. The van der Waals surface area contributed by atoms with Crippen molar-refractivity contribution in [3.05, 3.63) is 118 Å². The van der Waals surface area contributed by atoms with Crippen LogP contribution in [0.5, 0.6) is 5.75 Å². The zero-order valence-corrected chi connectivity index (χ0v) is 19.0. The fourth-order valence-electron chi connectivity index (χ4n) is 3.49. The molecule has 5 nitrogen and oxygen atoms in total. The number of ketones is 1. The van der Waals surface area contributed by atoms with Crippen molar-refractivity contribution in [2.45, 2.75) is 20.5 Å². The average molecular weight is 460 g/mol. The Balaban J connectivity index is 1.49. The zero-order valence-electron chi connectivity index (χ0n) is 18.2. The van der Waals surface area contributed by atoms with E-state index in [1.54, 1.807) is 54.6 Å². The molecule has 0 aliphatic heterocycles. The van der Waals surface area contributed by atoms with Crippen LogP contribution in [0, 0.1) is 13.8 Å². The van der Waals surface area contributed by atoms with Gasteiger partial charge in [-0.2, -0.15) is 0 Å². The van der Waals surface area contributed by atoms with E-state index < -0.39 is 5.91 Å². The number of halogens is 1. The van der Waals surface area contributed by atoms with E-state index in [0.717, 1.165) is 16.9 Å². The van der Waals surface area contributed by atoms with E-state index >= 15 is 0 Å². The first-order valence-corrected chi connectivity index (χ1v) is 10.8. The molecule has 166 valence electrons. The molecule has 0 spiro atoms. The molecule has 1 heterocycles. The molecule has 1 aromatic heterocycles. The number of aryl methyl sites for hydroxylation is 2. The topological polar surface area (TPSA) is 68.5 Å². The number of ether oxygens (including phenoxy) is 1. The van der Waals surface area contributed by atoms with Crippen molar-refractivity contribution in [2.24, 2.45) is 0 Å². The Bertz CT molecular complexity index is 1290. The van der Waals surface area contributed by atoms with Gasteiger partial charge in [-0.25, -0.2) is 0 Å². The van der Waals surface area contributed by atoms with Gasteiger partial charge in [-0.1, -0.05) is 60.1 Å². The standard InChI is InChI=1S/C27H22ClNO4/c1-17-7-6-8-18(2)26(17)32-16-21-12-14-24(33-21)27(31)29-23-13-11-20(28)15-22(23)25(30)19-9-4-3-5-10-19/h3-15H,16H2,1-2H3,(H,29,31). The van der Waals surface area contributed by atoms with E-state index in [1.165, 1.54) is 0 Å². The van der Waals surface area contributed by atoms with E-state index in [1.807, 2.05) is 38.1 Å². The molecule has 0 aliphatic rings. The number of benzene rings is 3. The van der Waals surface area contributed by atoms with Crippen LogP contribution in [-0.2, 0) is 6.61 Å². The van der Waals surface area contributed by atoms with Gasteiger partial charge in [0.1, 0.15) is 18.1 Å². The Labute approximate surface area is 197 Å². The molecule has 0 bridgehead atoms. The molecule has 0 aliphatic carbocycles. The van der Waals surface area contributed by atoms with E-state index in [9.17, 15) is 9.59 Å². The second-order valence-electron chi connectivity index (χ2n) is 7.61. The van der Waals surface area contributed by atoms with Gasteiger partial charge in [0.05, 0.1) is 5.69 Å². The van der Waals surface area contributed by atoms with Crippen LogP contribution in [0.3, 0.4) is 0 Å². The third kappa shape index (κ3) is 5.16. The van der Waals surface area contributed by atoms with Crippen LogP contribution >= 0.6 is 11.6 Å². The summed E-state index contributed by atoms with van der Waals surface area (Å²) in [4.78, 5) is 25.8. The monoisotopic (exact) mass is 459 g/mol. The number of hydrogen-bond donors (Lipinski definition) is 1. The molecule has 4 aromatic rings. The first-order valence-electron chi connectivity index (χ1n) is 10.4. The van der Waals surface area contributed by atoms with E-state index in [-0.39, 0.29) is 18.2 Å². The van der Waals surface area contributed by atoms with Gasteiger partial charge in [-0.05, 0) is 55.3 Å². The minimum Gasteiger partial charge on any atom is -0.485 e. The molecule has 0 radical (unpaired) electrons. The van der Waals surface area contributed by atoms with Crippen molar-refractivity contribution in [1.82, 2.24) is 0 Å². The summed E-state index contributed by atoms with van der Waals surface area (Å²) in [5, 5.41) is 3.16. The molecular formula is C27H22ClNO4. The number of hydrogen-bond acceptors (Lipinski definition) is 4. The summed E-state index contributed by atoms with van der Waals surface area (Å²) in [7, 11) is 0. The fraction of sp³-hybridized carbons (Fsp3) is 0.111. The van der Waals surface area contributed by atoms with Crippen molar-refractivity contribution in [3.63, 3.8) is 0 Å². The molecule has 0 atom stereocenters. The highest BCUT2D eigenvalue weighted by Gasteiger charge is 2.18. The molecule has 0 saturated heterocycles. The van der Waals surface area contributed by atoms with Crippen LogP contribution in [0.4, 0.5) is 5.69 Å². The molecule has 0 fully saturated rings. The van der Waals surface area contributed by atoms with Gasteiger partial charge in [0.25, 0.3) is 5.91 Å². The first kappa shape index (κ1) is 22.4. The highest BCUT2D eigenvalue weighted by molar-refractivity contribution is 6.31. The average Bonchev–Trinajstić information content (AvgIpc) is 3.29. The van der Waals surface area contributed by atoms with Crippen LogP contribution in [-0.4, -0.2) is 11.7 Å². The lowest BCUT2D eigenvalue weighted by atomic mass is 10.0. The van der Waals surface area contributed by atoms with Crippen LogP contribution < -0.4 is 10.1 Å². The van der Waals surface area contributed by atoms with Crippen molar-refractivity contribution >= 4 is 29.0 Å². The molecule has 1 amide bonds. The van der Waals surface area contributed by atoms with Gasteiger partial charge in [-0.3, -0.25) is 9.59 Å². The summed E-state index contributed by atoms with van der Waals surface area (Å²) in [6.07, 6.45) is 0. The van der Waals surface area contributed by atoms with Gasteiger partial charge >= 0.3 is 0 Å². The number of furan rings is 1. The zero-order chi connectivity index (χ0) is 23.4. The maximum atomic E-state index is 13.0. The third-order valence-corrected chi connectivity index (χ3v) is 5.40. The molecule has 33 heavy (non-hydrogen) atoms. The van der Waals surface area contributed by atoms with Gasteiger partial charge in [0.15, 0.2) is 11.5 Å². The summed E-state index contributed by atoms with van der Waals surface area (Å²) in [6, 6.07) is 22.8. The quantitative estimate of drug-likeness (QED) is 0.315. The van der Waals surface area contributed by atoms with E-state index in [0.29, 0.717) is 27.6 Å². The summed E-state index contributed by atoms with van der Waals surface area (Å²) in [6.45, 7) is 4.14. The molecule has 1 N–H and O–H groups in total. The van der Waals surface area contributed by atoms with E-state index in [4.69, 9.17) is 20.8 Å². The Morgan fingerprint density at radius 3 is 2.36 bits per heavy atom. The van der Waals surface area contributed by atoms with E-state index in [2.05, 4.69) is 5.32 Å². The predicted molar refractivity (Wildman–Crippen MR) is 128 cm³/mol. The Morgan fingerprint density at radius 1 is 0.909 bits per heavy atom. The second kappa shape index (κ2) is 9.76. The number of carbonyl (C=O) groups excluding carboxylic acids is 2. The Morgan fingerprint density at radius 2 is 1.64 bits per heavy atom. The number of anilines is 1. The van der Waals surface area contributed by atoms with Gasteiger partial charge in [-0.15, -0.1) is 0 Å². The number of carbonyl (C=O) groups is 2. The minimum atomic E-state index is -0.474. The lowest BCUT2D eigenvalue weighted by Crippen LogP contribution is -2.14. The lowest BCUT2D eigenvalue weighted by Gasteiger charge is -2.11. The minimum absolute atomic E-state index is 0.114. The smallest absolute Gasteiger partial charge is 0.291 e. The number of para-hydroxylation sites is 1. The maximum absolute atomic E-state index is 13.0. The molecule has 6 heteroatoms. The Kier molecular flexibility index (Phi) is 6.61. The van der Waals surface area contributed by atoms with Crippen molar-refractivity contribution in [1.29, 1.82) is 0 Å². The molecule has 0 unspecified atom stereocenters. The largest absolute Gasteiger partial charge is 0.485 e. The van der Waals surface area contributed by atoms with Gasteiger partial charge < -0.3 is 14.5 Å². The van der Waals surface area contributed by atoms with Crippen LogP contribution in [0.25, 0.3) is 0 Å². The highest BCUT2D eigenvalue weighted by atomic mass is 35.5. The number of rotatable bonds is 7. The molecule has 4 rings (SSSR count). The van der Waals surface area contributed by atoms with Crippen molar-refractivity contribution < 1.29 is 18.7 Å². The second-order valence-corrected chi connectivity index (χ2v) is 8.05.